The maximum atomic E-state index is 13.2. The average molecular weight is 477 g/mol. The van der Waals surface area contributed by atoms with E-state index in [0.29, 0.717) is 6.42 Å². The van der Waals surface area contributed by atoms with Crippen molar-refractivity contribution in [3.8, 4) is 0 Å². The zero-order valence-corrected chi connectivity index (χ0v) is 20.0. The highest BCUT2D eigenvalue weighted by atomic mass is 19.4. The number of hydrogen-bond acceptors (Lipinski definition) is 2. The largest absolute Gasteiger partial charge is 0.416 e. The molecule has 2 fully saturated rings. The average Bonchev–Trinajstić information content (AvgIpc) is 2.76. The highest BCUT2D eigenvalue weighted by Gasteiger charge is 2.31. The lowest BCUT2D eigenvalue weighted by atomic mass is 9.84. The van der Waals surface area contributed by atoms with Crippen LogP contribution in [0.4, 0.5) is 24.5 Å². The molecule has 0 bridgehead atoms. The number of fused-ring (bicyclic) bond motifs is 2. The fourth-order valence-corrected chi connectivity index (χ4v) is 5.62. The second kappa shape index (κ2) is 8.92. The van der Waals surface area contributed by atoms with Crippen LogP contribution in [0.2, 0.25) is 0 Å². The standard InChI is InChI=1S/C30H31F3N2/c31-30(32,33)24-12-14-26-22(16-24)8-3-9-23(26)17-28(20-6-2-7-20)34-25-13-10-21-11-15-27(19-4-1-5-19)35-29(21)18-25/h10,12-14,16-18,34-35H,1-9,11,15H2/b23-17+. The first-order valence-electron chi connectivity index (χ1n) is 12.9. The third kappa shape index (κ3) is 4.53. The summed E-state index contributed by atoms with van der Waals surface area (Å²) in [6.45, 7) is 0. The number of anilines is 2. The second-order valence-electron chi connectivity index (χ2n) is 10.3. The molecule has 1 aliphatic heterocycles. The van der Waals surface area contributed by atoms with E-state index < -0.39 is 11.7 Å². The van der Waals surface area contributed by atoms with Crippen molar-refractivity contribution in [1.82, 2.24) is 0 Å². The van der Waals surface area contributed by atoms with Crippen LogP contribution >= 0.6 is 0 Å². The molecule has 2 saturated carbocycles. The lowest BCUT2D eigenvalue weighted by Gasteiger charge is -2.29. The Morgan fingerprint density at radius 1 is 0.800 bits per heavy atom. The van der Waals surface area contributed by atoms with E-state index in [1.807, 2.05) is 0 Å². The third-order valence-corrected chi connectivity index (χ3v) is 8.03. The minimum absolute atomic E-state index is 0.550. The zero-order valence-electron chi connectivity index (χ0n) is 20.0. The molecule has 6 rings (SSSR count). The van der Waals surface area contributed by atoms with Gasteiger partial charge in [-0.15, -0.1) is 0 Å². The first-order valence-corrected chi connectivity index (χ1v) is 12.9. The summed E-state index contributed by atoms with van der Waals surface area (Å²) in [5.41, 5.74) is 11.5. The van der Waals surface area contributed by atoms with Crippen LogP contribution in [0.3, 0.4) is 0 Å². The van der Waals surface area contributed by atoms with Crippen molar-refractivity contribution in [2.45, 2.75) is 76.8 Å². The number of hydrogen-bond donors (Lipinski definition) is 2. The SMILES string of the molecule is FC(F)(F)c1ccc2c(c1)CCC/C2=C\C(Nc1ccc2c(c1)NC(=C1CCC1)CC2)=C1CCC1. The molecule has 2 N–H and O–H groups in total. The van der Waals surface area contributed by atoms with Crippen LogP contribution in [0.15, 0.2) is 65.0 Å². The number of rotatable bonds is 3. The highest BCUT2D eigenvalue weighted by Crippen LogP contribution is 2.40. The molecule has 3 aliphatic carbocycles. The lowest BCUT2D eigenvalue weighted by Crippen LogP contribution is -2.16. The van der Waals surface area contributed by atoms with E-state index in [1.54, 1.807) is 11.6 Å². The molecule has 2 aromatic rings. The van der Waals surface area contributed by atoms with Crippen LogP contribution in [-0.4, -0.2) is 0 Å². The molecular formula is C30H31F3N2. The Morgan fingerprint density at radius 3 is 2.31 bits per heavy atom. The third-order valence-electron chi connectivity index (χ3n) is 8.03. The molecule has 0 amide bonds. The van der Waals surface area contributed by atoms with Gasteiger partial charge < -0.3 is 10.6 Å². The van der Waals surface area contributed by atoms with Crippen LogP contribution in [0.25, 0.3) is 5.57 Å². The van der Waals surface area contributed by atoms with Crippen LogP contribution in [0, 0.1) is 0 Å². The van der Waals surface area contributed by atoms with Gasteiger partial charge in [0.25, 0.3) is 0 Å². The van der Waals surface area contributed by atoms with Crippen molar-refractivity contribution in [2.24, 2.45) is 0 Å². The van der Waals surface area contributed by atoms with Crippen LogP contribution < -0.4 is 10.6 Å². The number of aryl methyl sites for hydroxylation is 2. The van der Waals surface area contributed by atoms with Crippen LogP contribution in [-0.2, 0) is 19.0 Å². The van der Waals surface area contributed by atoms with Gasteiger partial charge in [0.2, 0.25) is 0 Å². The molecule has 35 heavy (non-hydrogen) atoms. The van der Waals surface area contributed by atoms with E-state index in [4.69, 9.17) is 0 Å². The molecule has 182 valence electrons. The normalized spacial score (nSPS) is 20.4. The zero-order chi connectivity index (χ0) is 24.0. The molecule has 2 nitrogen and oxygen atoms in total. The molecule has 0 atom stereocenters. The summed E-state index contributed by atoms with van der Waals surface area (Å²) < 4.78 is 39.7. The summed E-state index contributed by atoms with van der Waals surface area (Å²) in [6.07, 6.45) is 9.65. The number of halogens is 3. The Morgan fingerprint density at radius 2 is 1.60 bits per heavy atom. The molecule has 0 spiro atoms. The molecule has 0 saturated heterocycles. The Labute approximate surface area is 205 Å². The Hall–Kier alpha value is -2.95. The van der Waals surface area contributed by atoms with Crippen molar-refractivity contribution in [2.75, 3.05) is 10.6 Å². The topological polar surface area (TPSA) is 24.1 Å². The van der Waals surface area contributed by atoms with Gasteiger partial charge in [-0.3, -0.25) is 0 Å². The minimum Gasteiger partial charge on any atom is -0.359 e. The smallest absolute Gasteiger partial charge is 0.359 e. The molecule has 1 heterocycles. The fraction of sp³-hybridized carbons (Fsp3) is 0.400. The molecule has 0 unspecified atom stereocenters. The van der Waals surface area contributed by atoms with E-state index in [2.05, 4.69) is 34.9 Å². The van der Waals surface area contributed by atoms with Crippen molar-refractivity contribution < 1.29 is 13.2 Å². The van der Waals surface area contributed by atoms with Gasteiger partial charge in [0.1, 0.15) is 0 Å². The summed E-state index contributed by atoms with van der Waals surface area (Å²) in [4.78, 5) is 0. The Bertz CT molecular complexity index is 1250. The van der Waals surface area contributed by atoms with Gasteiger partial charge in [-0.25, -0.2) is 0 Å². The summed E-state index contributed by atoms with van der Waals surface area (Å²) in [5, 5.41) is 7.38. The van der Waals surface area contributed by atoms with Gasteiger partial charge >= 0.3 is 6.18 Å². The molecule has 5 heteroatoms. The summed E-state index contributed by atoms with van der Waals surface area (Å²) in [5.74, 6) is 0. The lowest BCUT2D eigenvalue weighted by molar-refractivity contribution is -0.137. The van der Waals surface area contributed by atoms with Crippen molar-refractivity contribution in [1.29, 1.82) is 0 Å². The maximum Gasteiger partial charge on any atom is 0.416 e. The van der Waals surface area contributed by atoms with Gasteiger partial charge in [0.05, 0.1) is 5.56 Å². The summed E-state index contributed by atoms with van der Waals surface area (Å²) >= 11 is 0. The van der Waals surface area contributed by atoms with Gasteiger partial charge in [-0.2, -0.15) is 13.2 Å². The fourth-order valence-electron chi connectivity index (χ4n) is 5.62. The van der Waals surface area contributed by atoms with E-state index in [-0.39, 0.29) is 0 Å². The summed E-state index contributed by atoms with van der Waals surface area (Å²) in [6, 6.07) is 10.8. The van der Waals surface area contributed by atoms with E-state index in [9.17, 15) is 13.2 Å². The highest BCUT2D eigenvalue weighted by molar-refractivity contribution is 5.75. The molecular weight excluding hydrogens is 445 g/mol. The predicted molar refractivity (Wildman–Crippen MR) is 136 cm³/mol. The monoisotopic (exact) mass is 476 g/mol. The Balaban J connectivity index is 1.29. The van der Waals surface area contributed by atoms with Crippen molar-refractivity contribution in [3.05, 3.63) is 87.3 Å². The first kappa shape index (κ1) is 22.5. The van der Waals surface area contributed by atoms with Crippen molar-refractivity contribution in [3.63, 3.8) is 0 Å². The number of allylic oxidation sites excluding steroid dienone is 5. The quantitative estimate of drug-likeness (QED) is 0.463. The molecule has 0 radical (unpaired) electrons. The maximum absolute atomic E-state index is 13.2. The van der Waals surface area contributed by atoms with Crippen molar-refractivity contribution >= 4 is 16.9 Å². The van der Waals surface area contributed by atoms with Gasteiger partial charge in [0.15, 0.2) is 0 Å². The number of benzene rings is 2. The van der Waals surface area contributed by atoms with Gasteiger partial charge in [-0.05, 0) is 129 Å². The second-order valence-corrected chi connectivity index (χ2v) is 10.3. The van der Waals surface area contributed by atoms with E-state index in [1.165, 1.54) is 60.3 Å². The van der Waals surface area contributed by atoms with Gasteiger partial charge in [0, 0.05) is 22.8 Å². The first-order chi connectivity index (χ1) is 16.9. The van der Waals surface area contributed by atoms with E-state index >= 15 is 0 Å². The molecule has 0 aromatic heterocycles. The minimum atomic E-state index is -4.30. The molecule has 2 aromatic carbocycles. The van der Waals surface area contributed by atoms with Gasteiger partial charge in [-0.1, -0.05) is 17.7 Å². The summed E-state index contributed by atoms with van der Waals surface area (Å²) in [7, 11) is 0. The predicted octanol–water partition coefficient (Wildman–Crippen LogP) is 8.77. The molecule has 4 aliphatic rings. The van der Waals surface area contributed by atoms with E-state index in [0.717, 1.165) is 66.6 Å². The van der Waals surface area contributed by atoms with Crippen LogP contribution in [0.5, 0.6) is 0 Å². The Kier molecular flexibility index (Phi) is 5.74. The number of nitrogens with one attached hydrogen (secondary N) is 2. The number of alkyl halides is 3. The van der Waals surface area contributed by atoms with Crippen LogP contribution in [0.1, 0.15) is 80.0 Å².